The van der Waals surface area contributed by atoms with Crippen LogP contribution in [0.15, 0.2) is 30.4 Å². The molecule has 4 fully saturated rings. The van der Waals surface area contributed by atoms with Crippen LogP contribution in [-0.2, 0) is 25.4 Å². The first-order valence-electron chi connectivity index (χ1n) is 12.7. The Kier molecular flexibility index (Phi) is 3.89. The molecule has 1 saturated carbocycles. The van der Waals surface area contributed by atoms with Gasteiger partial charge in [0.15, 0.2) is 12.1 Å². The van der Waals surface area contributed by atoms with Crippen LogP contribution in [0, 0.1) is 11.3 Å². The number of aliphatic hydroxyl groups excluding tert-OH is 1. The van der Waals surface area contributed by atoms with E-state index in [-0.39, 0.29) is 35.1 Å². The van der Waals surface area contributed by atoms with Crippen LogP contribution in [0.25, 0.3) is 0 Å². The molecule has 1 N–H and O–H groups in total. The number of epoxide rings is 2. The van der Waals surface area contributed by atoms with Crippen LogP contribution < -0.4 is 0 Å². The number of carbonyl (C=O) groups is 1. The smallest absolute Gasteiger partial charge is 0.186 e. The predicted molar refractivity (Wildman–Crippen MR) is 122 cm³/mol. The van der Waals surface area contributed by atoms with Crippen LogP contribution in [0.5, 0.6) is 0 Å². The zero-order valence-corrected chi connectivity index (χ0v) is 20.0. The Morgan fingerprint density at radius 1 is 1.21 bits per heavy atom. The third-order valence-electron chi connectivity index (χ3n) is 10.8. The van der Waals surface area contributed by atoms with E-state index in [2.05, 4.69) is 39.0 Å². The highest BCUT2D eigenvalue weighted by Crippen LogP contribution is 2.69. The fraction of sp³-hybridized carbons (Fsp3) is 0.679. The molecule has 0 unspecified atom stereocenters. The van der Waals surface area contributed by atoms with Gasteiger partial charge in [-0.25, -0.2) is 0 Å². The van der Waals surface area contributed by atoms with Crippen LogP contribution in [0.4, 0.5) is 0 Å². The van der Waals surface area contributed by atoms with Crippen molar-refractivity contribution < 1.29 is 24.1 Å². The van der Waals surface area contributed by atoms with Crippen LogP contribution >= 0.6 is 0 Å². The first kappa shape index (κ1) is 20.8. The van der Waals surface area contributed by atoms with Gasteiger partial charge in [0, 0.05) is 12.3 Å². The molecule has 3 aliphatic heterocycles. The number of benzene rings is 1. The quantitative estimate of drug-likeness (QED) is 0.685. The number of hydrogen-bond donors (Lipinski definition) is 1. The van der Waals surface area contributed by atoms with Gasteiger partial charge in [0.2, 0.25) is 0 Å². The first-order chi connectivity index (χ1) is 15.6. The standard InChI is InChI=1S/C28H34O5/c1-15(21-14-25(2)27(4,33-25)24(30)31-21)16-7-9-18-17(12-16)8-10-20-19(18)13-23-28(32-23)11-5-6-22(29)26(20,28)3/h5-7,9,12,15,19-21,23-24,30H,8,10-11,13-14H2,1-4H3/t15-,19-,20-,21+,23-,24+,25-,26-,27+,28-/m0/s1. The molecule has 10 atom stereocenters. The molecular weight excluding hydrogens is 416 g/mol. The molecule has 5 heteroatoms. The molecule has 1 spiro atoms. The van der Waals surface area contributed by atoms with Gasteiger partial charge < -0.3 is 19.3 Å². The second kappa shape index (κ2) is 6.17. The van der Waals surface area contributed by atoms with Crippen LogP contribution in [0.2, 0.25) is 0 Å². The minimum atomic E-state index is -0.883. The molecule has 0 aromatic heterocycles. The van der Waals surface area contributed by atoms with Crippen LogP contribution in [0.1, 0.15) is 81.9 Å². The van der Waals surface area contributed by atoms with E-state index in [9.17, 15) is 9.90 Å². The number of hydrogen-bond acceptors (Lipinski definition) is 5. The molecule has 3 heterocycles. The summed E-state index contributed by atoms with van der Waals surface area (Å²) in [5, 5.41) is 10.5. The summed E-state index contributed by atoms with van der Waals surface area (Å²) in [5.41, 5.74) is 2.54. The summed E-state index contributed by atoms with van der Waals surface area (Å²) in [6.07, 6.45) is 7.79. The maximum absolute atomic E-state index is 13.2. The maximum atomic E-state index is 13.2. The lowest BCUT2D eigenvalue weighted by atomic mass is 9.49. The van der Waals surface area contributed by atoms with Crippen LogP contribution in [-0.4, -0.2) is 46.2 Å². The second-order valence-electron chi connectivity index (χ2n) is 12.1. The van der Waals surface area contributed by atoms with Gasteiger partial charge in [0.05, 0.1) is 17.6 Å². The topological polar surface area (TPSA) is 71.6 Å². The number of rotatable bonds is 2. The molecule has 176 valence electrons. The largest absolute Gasteiger partial charge is 0.366 e. The van der Waals surface area contributed by atoms with E-state index < -0.39 is 17.3 Å². The number of carbonyl (C=O) groups excluding carboxylic acids is 1. The molecule has 0 radical (unpaired) electrons. The zero-order chi connectivity index (χ0) is 23.0. The Morgan fingerprint density at radius 2 is 2.03 bits per heavy atom. The van der Waals surface area contributed by atoms with Gasteiger partial charge in [-0.2, -0.15) is 0 Å². The minimum absolute atomic E-state index is 0.0734. The Morgan fingerprint density at radius 3 is 2.82 bits per heavy atom. The lowest BCUT2D eigenvalue weighted by Crippen LogP contribution is -2.56. The van der Waals surface area contributed by atoms with Crippen molar-refractivity contribution in [1.82, 2.24) is 0 Å². The Labute approximate surface area is 195 Å². The van der Waals surface area contributed by atoms with Gasteiger partial charge in [-0.3, -0.25) is 4.79 Å². The highest BCUT2D eigenvalue weighted by Gasteiger charge is 2.75. The monoisotopic (exact) mass is 450 g/mol. The summed E-state index contributed by atoms with van der Waals surface area (Å²) in [6.45, 7) is 8.39. The number of aryl methyl sites for hydroxylation is 1. The molecular formula is C28H34O5. The first-order valence-corrected chi connectivity index (χ1v) is 12.7. The van der Waals surface area contributed by atoms with Gasteiger partial charge in [0.1, 0.15) is 16.8 Å². The zero-order valence-electron chi connectivity index (χ0n) is 20.0. The van der Waals surface area contributed by atoms with Crippen molar-refractivity contribution in [2.45, 2.75) is 107 Å². The molecule has 0 amide bonds. The Hall–Kier alpha value is -1.53. The second-order valence-corrected chi connectivity index (χ2v) is 12.1. The Balaban J connectivity index is 1.18. The molecule has 0 bridgehead atoms. The maximum Gasteiger partial charge on any atom is 0.186 e. The number of ether oxygens (including phenoxy) is 3. The van der Waals surface area contributed by atoms with E-state index in [1.54, 1.807) is 6.08 Å². The van der Waals surface area contributed by atoms with Crippen molar-refractivity contribution in [3.8, 4) is 0 Å². The number of aliphatic hydroxyl groups is 1. The van der Waals surface area contributed by atoms with Crippen molar-refractivity contribution >= 4 is 5.78 Å². The van der Waals surface area contributed by atoms with E-state index in [0.29, 0.717) is 11.8 Å². The summed E-state index contributed by atoms with van der Waals surface area (Å²) in [7, 11) is 0. The molecule has 7 rings (SSSR count). The highest BCUT2D eigenvalue weighted by atomic mass is 16.7. The Bertz CT molecular complexity index is 1100. The van der Waals surface area contributed by atoms with E-state index in [1.165, 1.54) is 16.7 Å². The minimum Gasteiger partial charge on any atom is -0.366 e. The molecule has 3 saturated heterocycles. The molecule has 5 nitrogen and oxygen atoms in total. The van der Waals surface area contributed by atoms with E-state index in [4.69, 9.17) is 14.2 Å². The van der Waals surface area contributed by atoms with Gasteiger partial charge in [-0.1, -0.05) is 31.2 Å². The lowest BCUT2D eigenvalue weighted by Gasteiger charge is -2.51. The third-order valence-corrected chi connectivity index (χ3v) is 10.8. The average Bonchev–Trinajstić information content (AvgIpc) is 3.64. The highest BCUT2D eigenvalue weighted by molar-refractivity contribution is 5.98. The van der Waals surface area contributed by atoms with Crippen LogP contribution in [0.3, 0.4) is 0 Å². The van der Waals surface area contributed by atoms with E-state index in [1.807, 2.05) is 13.0 Å². The van der Waals surface area contributed by atoms with Gasteiger partial charge in [-0.15, -0.1) is 0 Å². The summed E-state index contributed by atoms with van der Waals surface area (Å²) < 4.78 is 18.2. The number of fused-ring (bicyclic) bond motifs is 5. The summed E-state index contributed by atoms with van der Waals surface area (Å²) in [6, 6.07) is 6.90. The van der Waals surface area contributed by atoms with Crippen molar-refractivity contribution in [2.75, 3.05) is 0 Å². The third kappa shape index (κ3) is 2.40. The van der Waals surface area contributed by atoms with E-state index >= 15 is 0 Å². The number of ketones is 1. The van der Waals surface area contributed by atoms with Gasteiger partial charge >= 0.3 is 0 Å². The van der Waals surface area contributed by atoms with Crippen molar-refractivity contribution in [3.05, 3.63) is 47.0 Å². The summed E-state index contributed by atoms with van der Waals surface area (Å²) >= 11 is 0. The van der Waals surface area contributed by atoms with Crippen molar-refractivity contribution in [3.63, 3.8) is 0 Å². The molecule has 33 heavy (non-hydrogen) atoms. The number of allylic oxidation sites excluding steroid dienone is 1. The normalized spacial score (nSPS) is 52.0. The fourth-order valence-corrected chi connectivity index (χ4v) is 8.19. The van der Waals surface area contributed by atoms with Crippen molar-refractivity contribution in [1.29, 1.82) is 0 Å². The van der Waals surface area contributed by atoms with E-state index in [0.717, 1.165) is 32.1 Å². The SMILES string of the molecule is C[C@@H](c1ccc2c(c1)CC[C@H]1[C@H]2C[C@@H]2O[C@@]23CC=CC(=O)[C@]13C)[C@H]1C[C@]2(C)O[C@]2(C)[C@H](O)O1. The molecule has 3 aliphatic carbocycles. The predicted octanol–water partition coefficient (Wildman–Crippen LogP) is 4.17. The van der Waals surface area contributed by atoms with Gasteiger partial charge in [-0.05, 0) is 81.1 Å². The summed E-state index contributed by atoms with van der Waals surface area (Å²) in [5.74, 6) is 1.15. The summed E-state index contributed by atoms with van der Waals surface area (Å²) in [4.78, 5) is 13.2. The molecule has 1 aromatic rings. The average molecular weight is 451 g/mol. The molecule has 6 aliphatic rings. The fourth-order valence-electron chi connectivity index (χ4n) is 8.19. The molecule has 1 aromatic carbocycles. The van der Waals surface area contributed by atoms with Gasteiger partial charge in [0.25, 0.3) is 0 Å². The van der Waals surface area contributed by atoms with Crippen molar-refractivity contribution in [2.24, 2.45) is 11.3 Å². The lowest BCUT2D eigenvalue weighted by molar-refractivity contribution is -0.187.